The number of hydrogen-bond acceptors (Lipinski definition) is 2. The molecule has 0 aliphatic rings. The van der Waals surface area contributed by atoms with E-state index >= 15 is 0 Å². The Labute approximate surface area is 394 Å². The summed E-state index contributed by atoms with van der Waals surface area (Å²) >= 11 is 0. The van der Waals surface area contributed by atoms with Gasteiger partial charge in [0.25, 0.3) is 0 Å². The van der Waals surface area contributed by atoms with Crippen LogP contribution in [0.2, 0.25) is 0 Å². The first-order chi connectivity index (χ1) is 33.7. The van der Waals surface area contributed by atoms with Crippen molar-refractivity contribution in [2.24, 2.45) is 0 Å². The molecule has 0 N–H and O–H groups in total. The van der Waals surface area contributed by atoms with Crippen LogP contribution in [0.3, 0.4) is 0 Å². The van der Waals surface area contributed by atoms with Gasteiger partial charge in [0.05, 0.1) is 33.5 Å². The monoisotopic (exact) mass is 866 g/mol. The molecule has 0 unspecified atom stereocenters. The van der Waals surface area contributed by atoms with Gasteiger partial charge in [0.2, 0.25) is 0 Å². The van der Waals surface area contributed by atoms with E-state index in [2.05, 4.69) is 264 Å². The fourth-order valence-electron chi connectivity index (χ4n) is 10.1. The van der Waals surface area contributed by atoms with E-state index in [1.165, 1.54) is 33.0 Å². The van der Waals surface area contributed by atoms with E-state index in [0.717, 1.165) is 89.2 Å². The standard InChI is InChI=1S/C64H42N4/c1-5-19-43(20-6-1)47-37-48(44-21-7-2-8-22-44)40-51(39-47)57-29-17-33-61(65-57)67-59-31-15-13-27-53(59)55-35-36-56-54-28-14-16-32-60(54)68(64(56)63(55)67)62-34-18-30-58(66-62)52-41-49(45-23-9-3-10-24-45)38-50(42-52)46-25-11-4-12-26-46/h1-42H. The third kappa shape index (κ3) is 6.78. The summed E-state index contributed by atoms with van der Waals surface area (Å²) in [5.41, 5.74) is 17.5. The summed E-state index contributed by atoms with van der Waals surface area (Å²) in [6, 6.07) is 90.9. The van der Waals surface area contributed by atoms with Crippen LogP contribution in [0.1, 0.15) is 0 Å². The number of fused-ring (bicyclic) bond motifs is 7. The summed E-state index contributed by atoms with van der Waals surface area (Å²) in [7, 11) is 0. The number of pyridine rings is 2. The van der Waals surface area contributed by atoms with Crippen molar-refractivity contribution in [3.05, 3.63) is 255 Å². The zero-order valence-corrected chi connectivity index (χ0v) is 37.0. The predicted molar refractivity (Wildman–Crippen MR) is 283 cm³/mol. The summed E-state index contributed by atoms with van der Waals surface area (Å²) in [5, 5.41) is 4.64. The van der Waals surface area contributed by atoms with Crippen LogP contribution in [0.15, 0.2) is 255 Å². The molecule has 13 aromatic rings. The third-order valence-electron chi connectivity index (χ3n) is 13.3. The van der Waals surface area contributed by atoms with Crippen molar-refractivity contribution < 1.29 is 0 Å². The molecule has 0 aliphatic carbocycles. The topological polar surface area (TPSA) is 35.6 Å². The van der Waals surface area contributed by atoms with Crippen molar-refractivity contribution in [1.82, 2.24) is 19.1 Å². The van der Waals surface area contributed by atoms with E-state index in [9.17, 15) is 0 Å². The van der Waals surface area contributed by atoms with E-state index in [0.29, 0.717) is 0 Å². The van der Waals surface area contributed by atoms with Crippen LogP contribution in [0, 0.1) is 0 Å². The Morgan fingerprint density at radius 2 is 0.529 bits per heavy atom. The molecule has 0 amide bonds. The summed E-state index contributed by atoms with van der Waals surface area (Å²) in [5.74, 6) is 1.69. The lowest BCUT2D eigenvalue weighted by atomic mass is 9.95. The molecular weight excluding hydrogens is 825 g/mol. The number of aromatic nitrogens is 4. The second-order valence-corrected chi connectivity index (χ2v) is 17.4. The molecule has 0 saturated heterocycles. The fourth-order valence-corrected chi connectivity index (χ4v) is 10.1. The predicted octanol–water partition coefficient (Wildman–Crippen LogP) is 16.7. The smallest absolute Gasteiger partial charge is 0.138 e. The lowest BCUT2D eigenvalue weighted by Gasteiger charge is -2.15. The molecule has 13 rings (SSSR count). The molecule has 4 nitrogen and oxygen atoms in total. The van der Waals surface area contributed by atoms with Gasteiger partial charge in [0, 0.05) is 32.7 Å². The Morgan fingerprint density at radius 1 is 0.221 bits per heavy atom. The van der Waals surface area contributed by atoms with Crippen molar-refractivity contribution in [2.45, 2.75) is 0 Å². The second-order valence-electron chi connectivity index (χ2n) is 17.4. The van der Waals surface area contributed by atoms with Crippen molar-refractivity contribution in [2.75, 3.05) is 0 Å². The van der Waals surface area contributed by atoms with Gasteiger partial charge in [-0.25, -0.2) is 9.97 Å². The summed E-state index contributed by atoms with van der Waals surface area (Å²) in [6.07, 6.45) is 0. The normalized spacial score (nSPS) is 11.5. The number of rotatable bonds is 8. The summed E-state index contributed by atoms with van der Waals surface area (Å²) in [4.78, 5) is 11.2. The maximum Gasteiger partial charge on any atom is 0.138 e. The molecule has 68 heavy (non-hydrogen) atoms. The molecule has 4 heterocycles. The maximum absolute atomic E-state index is 5.58. The number of para-hydroxylation sites is 2. The van der Waals surface area contributed by atoms with Gasteiger partial charge in [-0.2, -0.15) is 0 Å². The first-order valence-electron chi connectivity index (χ1n) is 23.1. The Morgan fingerprint density at radius 3 is 0.882 bits per heavy atom. The van der Waals surface area contributed by atoms with Gasteiger partial charge in [0.15, 0.2) is 0 Å². The van der Waals surface area contributed by atoms with Crippen LogP contribution in [0.4, 0.5) is 0 Å². The molecule has 0 spiro atoms. The molecule has 0 fully saturated rings. The lowest BCUT2D eigenvalue weighted by molar-refractivity contribution is 1.06. The first kappa shape index (κ1) is 39.3. The SMILES string of the molecule is c1ccc(-c2cc(-c3ccccc3)cc(-c3cccc(-n4c5ccccc5c5ccc6c7ccccc7n(-c7cccc(-c8cc(-c9ccccc9)cc(-c9ccccc9)c8)n7)c6c54)n3)c2)cc1. The molecule has 0 radical (unpaired) electrons. The number of benzene rings is 9. The van der Waals surface area contributed by atoms with Crippen molar-refractivity contribution in [3.63, 3.8) is 0 Å². The van der Waals surface area contributed by atoms with Crippen molar-refractivity contribution >= 4 is 43.6 Å². The first-order valence-corrected chi connectivity index (χ1v) is 23.1. The second kappa shape index (κ2) is 16.4. The molecule has 4 heteroatoms. The van der Waals surface area contributed by atoms with Crippen LogP contribution in [0.5, 0.6) is 0 Å². The zero-order chi connectivity index (χ0) is 45.0. The molecule has 4 aromatic heterocycles. The Balaban J connectivity index is 1.04. The van der Waals surface area contributed by atoms with E-state index < -0.39 is 0 Å². The van der Waals surface area contributed by atoms with E-state index in [-0.39, 0.29) is 0 Å². The summed E-state index contributed by atoms with van der Waals surface area (Å²) < 4.78 is 4.73. The molecule has 0 atom stereocenters. The van der Waals surface area contributed by atoms with Gasteiger partial charge in [-0.15, -0.1) is 0 Å². The molecule has 0 saturated carbocycles. The minimum atomic E-state index is 0.845. The lowest BCUT2D eigenvalue weighted by Crippen LogP contribution is -2.02. The van der Waals surface area contributed by atoms with Crippen molar-refractivity contribution in [1.29, 1.82) is 0 Å². The van der Waals surface area contributed by atoms with E-state index in [4.69, 9.17) is 9.97 Å². The van der Waals surface area contributed by atoms with Gasteiger partial charge in [-0.05, 0) is 117 Å². The molecular formula is C64H42N4. The third-order valence-corrected chi connectivity index (χ3v) is 13.3. The highest BCUT2D eigenvalue weighted by Crippen LogP contribution is 2.42. The van der Waals surface area contributed by atoms with E-state index in [1.807, 2.05) is 0 Å². The highest BCUT2D eigenvalue weighted by molar-refractivity contribution is 6.23. The molecule has 318 valence electrons. The van der Waals surface area contributed by atoms with Gasteiger partial charge < -0.3 is 0 Å². The van der Waals surface area contributed by atoms with Crippen LogP contribution < -0.4 is 0 Å². The van der Waals surface area contributed by atoms with Crippen LogP contribution in [-0.4, -0.2) is 19.1 Å². The number of hydrogen-bond donors (Lipinski definition) is 0. The van der Waals surface area contributed by atoms with Gasteiger partial charge in [0.1, 0.15) is 11.6 Å². The average molecular weight is 867 g/mol. The quantitative estimate of drug-likeness (QED) is 0.153. The minimum absolute atomic E-state index is 0.845. The van der Waals surface area contributed by atoms with Crippen LogP contribution in [0.25, 0.3) is 122 Å². The molecule has 9 aromatic carbocycles. The maximum atomic E-state index is 5.58. The Bertz CT molecular complexity index is 3620. The van der Waals surface area contributed by atoms with E-state index in [1.54, 1.807) is 0 Å². The summed E-state index contributed by atoms with van der Waals surface area (Å²) in [6.45, 7) is 0. The van der Waals surface area contributed by atoms with Crippen molar-refractivity contribution in [3.8, 4) is 78.7 Å². The minimum Gasteiger partial charge on any atom is -0.292 e. The average Bonchev–Trinajstić information content (AvgIpc) is 3.95. The largest absolute Gasteiger partial charge is 0.292 e. The molecule has 0 aliphatic heterocycles. The zero-order valence-electron chi connectivity index (χ0n) is 37.0. The van der Waals surface area contributed by atoms with Crippen LogP contribution >= 0.6 is 0 Å². The van der Waals surface area contributed by atoms with Gasteiger partial charge in [-0.3, -0.25) is 9.13 Å². The van der Waals surface area contributed by atoms with Crippen LogP contribution in [-0.2, 0) is 0 Å². The highest BCUT2D eigenvalue weighted by atomic mass is 15.1. The fraction of sp³-hybridized carbons (Fsp3) is 0. The van der Waals surface area contributed by atoms with Gasteiger partial charge in [-0.1, -0.05) is 182 Å². The Hall–Kier alpha value is -9.12. The Kier molecular flexibility index (Phi) is 9.47. The number of nitrogens with zero attached hydrogens (tertiary/aromatic N) is 4. The molecule has 0 bridgehead atoms. The highest BCUT2D eigenvalue weighted by Gasteiger charge is 2.23. The van der Waals surface area contributed by atoms with Gasteiger partial charge >= 0.3 is 0 Å².